The minimum atomic E-state index is -0.120. The van der Waals surface area contributed by atoms with Crippen LogP contribution in [0.1, 0.15) is 0 Å². The predicted octanol–water partition coefficient (Wildman–Crippen LogP) is 4.75. The molecule has 0 saturated carbocycles. The van der Waals surface area contributed by atoms with Crippen LogP contribution in [0.15, 0.2) is 59.4 Å². The fourth-order valence-corrected chi connectivity index (χ4v) is 3.01. The zero-order valence-corrected chi connectivity index (χ0v) is 12.8. The number of benzene rings is 2. The Morgan fingerprint density at radius 2 is 1.68 bits per heavy atom. The fraction of sp³-hybridized carbons (Fsp3) is 0. The third kappa shape index (κ3) is 1.94. The van der Waals surface area contributed by atoms with E-state index in [9.17, 15) is 4.79 Å². The molecule has 0 aliphatic heterocycles. The van der Waals surface area contributed by atoms with Gasteiger partial charge in [0.1, 0.15) is 5.52 Å². The molecule has 2 aromatic carbocycles. The summed E-state index contributed by atoms with van der Waals surface area (Å²) in [4.78, 5) is 15.1. The van der Waals surface area contributed by atoms with Gasteiger partial charge in [-0.2, -0.15) is 0 Å². The maximum Gasteiger partial charge on any atom is 0.272 e. The van der Waals surface area contributed by atoms with Crippen molar-refractivity contribution in [3.63, 3.8) is 0 Å². The number of halogens is 2. The van der Waals surface area contributed by atoms with Gasteiger partial charge in [0.15, 0.2) is 0 Å². The molecule has 0 unspecified atom stereocenters. The zero-order valence-electron chi connectivity index (χ0n) is 11.3. The van der Waals surface area contributed by atoms with Gasteiger partial charge >= 0.3 is 0 Å². The molecule has 0 aliphatic carbocycles. The number of para-hydroxylation sites is 2. The summed E-state index contributed by atoms with van der Waals surface area (Å²) in [5, 5.41) is 0.997. The Bertz CT molecular complexity index is 1080. The van der Waals surface area contributed by atoms with Crippen LogP contribution in [0, 0.1) is 0 Å². The van der Waals surface area contributed by atoms with Crippen LogP contribution >= 0.6 is 23.2 Å². The number of nitrogens with one attached hydrogen (secondary N) is 1. The molecule has 0 saturated heterocycles. The second-order valence-electron chi connectivity index (χ2n) is 5.04. The van der Waals surface area contributed by atoms with E-state index in [0.717, 1.165) is 22.3 Å². The molecule has 0 atom stereocenters. The van der Waals surface area contributed by atoms with Crippen molar-refractivity contribution in [3.05, 3.63) is 75.0 Å². The predicted molar refractivity (Wildman–Crippen MR) is 91.0 cm³/mol. The highest BCUT2D eigenvalue weighted by Gasteiger charge is 2.11. The quantitative estimate of drug-likeness (QED) is 0.537. The molecule has 0 spiro atoms. The second kappa shape index (κ2) is 4.90. The highest BCUT2D eigenvalue weighted by atomic mass is 35.5. The van der Waals surface area contributed by atoms with Gasteiger partial charge in [-0.25, -0.2) is 0 Å². The molecule has 2 heterocycles. The number of hydrogen-bond acceptors (Lipinski definition) is 1. The van der Waals surface area contributed by atoms with Crippen molar-refractivity contribution in [3.8, 4) is 11.3 Å². The molecule has 5 heteroatoms. The highest BCUT2D eigenvalue weighted by molar-refractivity contribution is 6.42. The summed E-state index contributed by atoms with van der Waals surface area (Å²) in [7, 11) is 0. The van der Waals surface area contributed by atoms with Crippen molar-refractivity contribution >= 4 is 39.8 Å². The molecule has 2 aromatic heterocycles. The van der Waals surface area contributed by atoms with Gasteiger partial charge in [-0.1, -0.05) is 41.4 Å². The van der Waals surface area contributed by atoms with Crippen LogP contribution in [0.2, 0.25) is 10.0 Å². The van der Waals surface area contributed by atoms with E-state index in [-0.39, 0.29) is 5.56 Å². The van der Waals surface area contributed by atoms with Gasteiger partial charge in [0.2, 0.25) is 0 Å². The number of nitrogens with zero attached hydrogens (tertiary/aromatic N) is 1. The van der Waals surface area contributed by atoms with Crippen LogP contribution in [0.3, 0.4) is 0 Å². The summed E-state index contributed by atoms with van der Waals surface area (Å²) in [5.74, 6) is 0. The third-order valence-electron chi connectivity index (χ3n) is 3.72. The van der Waals surface area contributed by atoms with Gasteiger partial charge in [0.25, 0.3) is 5.56 Å². The molecular formula is C17H10Cl2N2O. The van der Waals surface area contributed by atoms with E-state index in [4.69, 9.17) is 23.2 Å². The number of rotatable bonds is 1. The van der Waals surface area contributed by atoms with Crippen molar-refractivity contribution in [2.24, 2.45) is 0 Å². The van der Waals surface area contributed by atoms with E-state index in [1.807, 2.05) is 52.9 Å². The molecule has 0 radical (unpaired) electrons. The maximum absolute atomic E-state index is 12.2. The molecule has 0 aliphatic rings. The number of fused-ring (bicyclic) bond motifs is 3. The Hall–Kier alpha value is -2.23. The number of H-pyrrole nitrogens is 1. The monoisotopic (exact) mass is 328 g/mol. The highest BCUT2D eigenvalue weighted by Crippen LogP contribution is 2.30. The molecule has 3 nitrogen and oxygen atoms in total. The summed E-state index contributed by atoms with van der Waals surface area (Å²) in [6.45, 7) is 0. The summed E-state index contributed by atoms with van der Waals surface area (Å²) < 4.78 is 1.94. The van der Waals surface area contributed by atoms with Crippen molar-refractivity contribution in [1.29, 1.82) is 0 Å². The molecule has 4 aromatic rings. The van der Waals surface area contributed by atoms with Crippen LogP contribution in [0.4, 0.5) is 0 Å². The Labute approximate surface area is 135 Å². The van der Waals surface area contributed by atoms with Crippen molar-refractivity contribution in [2.75, 3.05) is 0 Å². The Morgan fingerprint density at radius 3 is 2.50 bits per heavy atom. The standard InChI is InChI=1S/C17H10Cl2N2O/c18-11-6-5-10(9-12(11)19)14-7-8-16-17(22)20-13-3-1-2-4-15(13)21(14)16/h1-9H,(H,20,22). The van der Waals surface area contributed by atoms with Crippen molar-refractivity contribution < 1.29 is 0 Å². The van der Waals surface area contributed by atoms with Crippen molar-refractivity contribution in [1.82, 2.24) is 9.38 Å². The first-order valence-electron chi connectivity index (χ1n) is 6.73. The average molecular weight is 329 g/mol. The lowest BCUT2D eigenvalue weighted by molar-refractivity contribution is 1.19. The van der Waals surface area contributed by atoms with Gasteiger partial charge < -0.3 is 9.38 Å². The molecule has 1 N–H and O–H groups in total. The first-order valence-corrected chi connectivity index (χ1v) is 7.48. The normalized spacial score (nSPS) is 11.4. The third-order valence-corrected chi connectivity index (χ3v) is 4.46. The van der Waals surface area contributed by atoms with E-state index in [2.05, 4.69) is 4.98 Å². The lowest BCUT2D eigenvalue weighted by atomic mass is 10.1. The smallest absolute Gasteiger partial charge is 0.272 e. The molecule has 0 amide bonds. The Balaban J connectivity index is 2.15. The van der Waals surface area contributed by atoms with Gasteiger partial charge in [-0.15, -0.1) is 0 Å². The summed E-state index contributed by atoms with van der Waals surface area (Å²) in [5.41, 5.74) is 4.01. The number of hydrogen-bond donors (Lipinski definition) is 1. The number of aromatic nitrogens is 2. The maximum atomic E-state index is 12.2. The first kappa shape index (κ1) is 13.4. The Morgan fingerprint density at radius 1 is 0.864 bits per heavy atom. The minimum absolute atomic E-state index is 0.120. The van der Waals surface area contributed by atoms with Crippen LogP contribution in [0.25, 0.3) is 27.8 Å². The van der Waals surface area contributed by atoms with E-state index < -0.39 is 0 Å². The summed E-state index contributed by atoms with van der Waals surface area (Å²) >= 11 is 12.1. The summed E-state index contributed by atoms with van der Waals surface area (Å²) in [6.07, 6.45) is 0. The van der Waals surface area contributed by atoms with Crippen LogP contribution in [-0.2, 0) is 0 Å². The molecule has 0 bridgehead atoms. The van der Waals surface area contributed by atoms with Gasteiger partial charge in [-0.3, -0.25) is 4.79 Å². The largest absolute Gasteiger partial charge is 0.319 e. The van der Waals surface area contributed by atoms with Crippen molar-refractivity contribution in [2.45, 2.75) is 0 Å². The van der Waals surface area contributed by atoms with Gasteiger partial charge in [-0.05, 0) is 36.4 Å². The van der Waals surface area contributed by atoms with Crippen LogP contribution in [-0.4, -0.2) is 9.38 Å². The van der Waals surface area contributed by atoms with Gasteiger partial charge in [0, 0.05) is 5.56 Å². The first-order chi connectivity index (χ1) is 10.6. The zero-order chi connectivity index (χ0) is 15.3. The SMILES string of the molecule is O=c1[nH]c2ccccc2n2c(-c3ccc(Cl)c(Cl)c3)ccc12. The second-order valence-corrected chi connectivity index (χ2v) is 5.85. The van der Waals surface area contributed by atoms with Crippen LogP contribution < -0.4 is 5.56 Å². The van der Waals surface area contributed by atoms with E-state index in [1.165, 1.54) is 0 Å². The van der Waals surface area contributed by atoms with E-state index in [0.29, 0.717) is 15.6 Å². The Kier molecular flexibility index (Phi) is 2.99. The topological polar surface area (TPSA) is 37.3 Å². The summed E-state index contributed by atoms with van der Waals surface area (Å²) in [6, 6.07) is 16.9. The van der Waals surface area contributed by atoms with Gasteiger partial charge in [0.05, 0.1) is 26.8 Å². The molecule has 0 fully saturated rings. The fourth-order valence-electron chi connectivity index (χ4n) is 2.71. The molecule has 108 valence electrons. The molecular weight excluding hydrogens is 319 g/mol. The van der Waals surface area contributed by atoms with Crippen LogP contribution in [0.5, 0.6) is 0 Å². The minimum Gasteiger partial charge on any atom is -0.319 e. The van der Waals surface area contributed by atoms with E-state index in [1.54, 1.807) is 6.07 Å². The average Bonchev–Trinajstić information content (AvgIpc) is 2.96. The molecule has 22 heavy (non-hydrogen) atoms. The molecule has 4 rings (SSSR count). The number of aromatic amines is 1. The van der Waals surface area contributed by atoms with E-state index >= 15 is 0 Å². The lowest BCUT2D eigenvalue weighted by Gasteiger charge is -2.08. The lowest BCUT2D eigenvalue weighted by Crippen LogP contribution is -2.10.